The smallest absolute Gasteiger partial charge is 0.340 e. The predicted molar refractivity (Wildman–Crippen MR) is 80.4 cm³/mol. The second-order valence-corrected chi connectivity index (χ2v) is 8.27. The molecule has 118 valence electrons. The van der Waals surface area contributed by atoms with E-state index in [0.717, 1.165) is 19.3 Å². The van der Waals surface area contributed by atoms with Gasteiger partial charge in [0.05, 0.1) is 0 Å². The number of carbonyl (C=O) groups is 1. The molecule has 2 N–H and O–H groups in total. The van der Waals surface area contributed by atoms with Crippen molar-refractivity contribution in [2.75, 3.05) is 12.8 Å². The number of nitrogens with one attached hydrogen (secondary N) is 1. The highest BCUT2D eigenvalue weighted by Crippen LogP contribution is 2.42. The Bertz CT molecular complexity index is 653. The van der Waals surface area contributed by atoms with Gasteiger partial charge in [-0.05, 0) is 32.9 Å². The lowest BCUT2D eigenvalue weighted by Crippen LogP contribution is -2.45. The maximum Gasteiger partial charge on any atom is 0.340 e. The molecule has 21 heavy (non-hydrogen) atoms. The number of sulfonamides is 1. The molecule has 0 bridgehead atoms. The average molecular weight is 333 g/mol. The molecular formula is C13H19NO5S2. The molecule has 1 fully saturated rings. The molecule has 1 aromatic heterocycles. The Morgan fingerprint density at radius 3 is 2.43 bits per heavy atom. The Labute approximate surface area is 128 Å². The van der Waals surface area contributed by atoms with Crippen molar-refractivity contribution in [3.05, 3.63) is 17.1 Å². The first-order chi connectivity index (χ1) is 9.72. The van der Waals surface area contributed by atoms with Crippen LogP contribution < -0.4 is 4.72 Å². The van der Waals surface area contributed by atoms with Crippen molar-refractivity contribution < 1.29 is 22.7 Å². The summed E-state index contributed by atoms with van der Waals surface area (Å²) in [5.41, 5.74) is -0.285. The Balaban J connectivity index is 2.30. The molecular weight excluding hydrogens is 314 g/mol. The third-order valence-electron chi connectivity index (χ3n) is 3.97. The van der Waals surface area contributed by atoms with Gasteiger partial charge in [-0.2, -0.15) is 11.8 Å². The molecule has 0 unspecified atom stereocenters. The van der Waals surface area contributed by atoms with E-state index in [9.17, 15) is 18.3 Å². The van der Waals surface area contributed by atoms with Gasteiger partial charge in [0.25, 0.3) is 0 Å². The topological polar surface area (TPSA) is 96.6 Å². The zero-order valence-electron chi connectivity index (χ0n) is 12.2. The second-order valence-electron chi connectivity index (χ2n) is 5.29. The Morgan fingerprint density at radius 2 is 2.00 bits per heavy atom. The zero-order chi connectivity index (χ0) is 15.8. The Morgan fingerprint density at radius 1 is 1.38 bits per heavy atom. The first-order valence-corrected chi connectivity index (χ1v) is 9.31. The van der Waals surface area contributed by atoms with Crippen molar-refractivity contribution in [1.29, 1.82) is 0 Å². The predicted octanol–water partition coefficient (Wildman–Crippen LogP) is 2.16. The summed E-state index contributed by atoms with van der Waals surface area (Å²) in [5, 5.41) is 9.20. The fraction of sp³-hybridized carbons (Fsp3) is 0.615. The van der Waals surface area contributed by atoms with Crippen LogP contribution in [0.15, 0.2) is 9.31 Å². The molecule has 0 saturated heterocycles. The third-order valence-corrected chi connectivity index (χ3v) is 6.94. The van der Waals surface area contributed by atoms with Gasteiger partial charge in [-0.25, -0.2) is 17.9 Å². The molecule has 8 heteroatoms. The summed E-state index contributed by atoms with van der Waals surface area (Å²) in [6, 6.07) is 0. The molecule has 0 aliphatic heterocycles. The maximum absolute atomic E-state index is 12.5. The Hall–Kier alpha value is -0.990. The summed E-state index contributed by atoms with van der Waals surface area (Å²) in [7, 11) is -3.90. The van der Waals surface area contributed by atoms with Crippen LogP contribution in [0, 0.1) is 13.8 Å². The van der Waals surface area contributed by atoms with Gasteiger partial charge < -0.3 is 9.52 Å². The van der Waals surface area contributed by atoms with Crippen molar-refractivity contribution in [3.8, 4) is 0 Å². The highest BCUT2D eigenvalue weighted by molar-refractivity contribution is 8.00. The lowest BCUT2D eigenvalue weighted by Gasteiger charge is -2.40. The largest absolute Gasteiger partial charge is 0.478 e. The van der Waals surface area contributed by atoms with Gasteiger partial charge in [0.2, 0.25) is 10.0 Å². The van der Waals surface area contributed by atoms with Crippen LogP contribution in [0.25, 0.3) is 0 Å². The first kappa shape index (κ1) is 16.4. The minimum Gasteiger partial charge on any atom is -0.478 e. The molecule has 1 saturated carbocycles. The number of hydrogen-bond donors (Lipinski definition) is 2. The summed E-state index contributed by atoms with van der Waals surface area (Å²) in [5.74, 6) is -1.10. The molecule has 6 nitrogen and oxygen atoms in total. The SMILES string of the molecule is CSC1(CNS(=O)(=O)c2c(C)oc(C)c2C(=O)O)CCC1. The van der Waals surface area contributed by atoms with E-state index in [4.69, 9.17) is 4.42 Å². The van der Waals surface area contributed by atoms with Crippen LogP contribution >= 0.6 is 11.8 Å². The number of hydrogen-bond acceptors (Lipinski definition) is 5. The molecule has 0 atom stereocenters. The van der Waals surface area contributed by atoms with Gasteiger partial charge in [0.15, 0.2) is 0 Å². The standard InChI is InChI=1S/C13H19NO5S2/c1-8-10(12(15)16)11(9(2)19-8)21(17,18)14-7-13(20-3)5-4-6-13/h14H,4-7H2,1-3H3,(H,15,16). The number of furan rings is 1. The first-order valence-electron chi connectivity index (χ1n) is 6.60. The van der Waals surface area contributed by atoms with Crippen molar-refractivity contribution in [2.45, 2.75) is 42.8 Å². The minimum atomic E-state index is -3.90. The maximum atomic E-state index is 12.5. The number of aromatic carboxylic acids is 1. The third kappa shape index (κ3) is 2.97. The van der Waals surface area contributed by atoms with Crippen molar-refractivity contribution in [1.82, 2.24) is 4.72 Å². The van der Waals surface area contributed by atoms with Crippen LogP contribution in [0.4, 0.5) is 0 Å². The number of thioether (sulfide) groups is 1. The van der Waals surface area contributed by atoms with Gasteiger partial charge in [-0.15, -0.1) is 0 Å². The van der Waals surface area contributed by atoms with Crippen LogP contribution in [-0.2, 0) is 10.0 Å². The lowest BCUT2D eigenvalue weighted by atomic mass is 9.84. The van der Waals surface area contributed by atoms with Gasteiger partial charge in [0.1, 0.15) is 22.0 Å². The number of carboxylic acid groups (broad SMARTS) is 1. The molecule has 0 aromatic carbocycles. The fourth-order valence-electron chi connectivity index (χ4n) is 2.56. The van der Waals surface area contributed by atoms with Gasteiger partial charge in [0, 0.05) is 11.3 Å². The summed E-state index contributed by atoms with van der Waals surface area (Å²) < 4.78 is 32.6. The quantitative estimate of drug-likeness (QED) is 0.828. The Kier molecular flexibility index (Phi) is 4.41. The van der Waals surface area contributed by atoms with Crippen LogP contribution in [0.3, 0.4) is 0 Å². The normalized spacial score (nSPS) is 17.5. The molecule has 2 rings (SSSR count). The van der Waals surface area contributed by atoms with Crippen molar-refractivity contribution in [2.24, 2.45) is 0 Å². The molecule has 1 aliphatic carbocycles. The lowest BCUT2D eigenvalue weighted by molar-refractivity contribution is 0.0691. The number of rotatable bonds is 6. The van der Waals surface area contributed by atoms with E-state index in [1.165, 1.54) is 13.8 Å². The highest BCUT2D eigenvalue weighted by atomic mass is 32.2. The fourth-order valence-corrected chi connectivity index (χ4v) is 5.09. The molecule has 1 heterocycles. The summed E-state index contributed by atoms with van der Waals surface area (Å²) in [6.45, 7) is 3.21. The van der Waals surface area contributed by atoms with Crippen LogP contribution in [0.2, 0.25) is 0 Å². The summed E-state index contributed by atoms with van der Waals surface area (Å²) in [4.78, 5) is 11.0. The van der Waals surface area contributed by atoms with Crippen molar-refractivity contribution >= 4 is 27.8 Å². The second kappa shape index (κ2) is 5.66. The molecule has 0 radical (unpaired) electrons. The van der Waals surface area contributed by atoms with E-state index < -0.39 is 16.0 Å². The highest BCUT2D eigenvalue weighted by Gasteiger charge is 2.38. The molecule has 1 aliphatic rings. The van der Waals surface area contributed by atoms with E-state index in [0.29, 0.717) is 6.54 Å². The minimum absolute atomic E-state index is 0.0663. The monoisotopic (exact) mass is 333 g/mol. The van der Waals surface area contributed by atoms with Gasteiger partial charge in [-0.1, -0.05) is 6.42 Å². The van der Waals surface area contributed by atoms with Crippen molar-refractivity contribution in [3.63, 3.8) is 0 Å². The van der Waals surface area contributed by atoms with Gasteiger partial charge >= 0.3 is 5.97 Å². The van der Waals surface area contributed by atoms with E-state index in [1.54, 1.807) is 11.8 Å². The van der Waals surface area contributed by atoms with E-state index >= 15 is 0 Å². The van der Waals surface area contributed by atoms with E-state index in [-0.39, 0.29) is 26.7 Å². The molecule has 0 amide bonds. The summed E-state index contributed by atoms with van der Waals surface area (Å²) in [6.07, 6.45) is 4.98. The van der Waals surface area contributed by atoms with Crippen LogP contribution in [-0.4, -0.2) is 37.0 Å². The number of aryl methyl sites for hydroxylation is 2. The average Bonchev–Trinajstić information content (AvgIpc) is 2.64. The molecule has 1 aromatic rings. The molecule has 0 spiro atoms. The summed E-state index contributed by atoms with van der Waals surface area (Å²) >= 11 is 1.65. The zero-order valence-corrected chi connectivity index (χ0v) is 13.9. The van der Waals surface area contributed by atoms with E-state index in [1.807, 2.05) is 6.26 Å². The van der Waals surface area contributed by atoms with E-state index in [2.05, 4.69) is 4.72 Å². The van der Waals surface area contributed by atoms with Crippen LogP contribution in [0.5, 0.6) is 0 Å². The number of carboxylic acids is 1. The van der Waals surface area contributed by atoms with Crippen LogP contribution in [0.1, 0.15) is 41.1 Å². The van der Waals surface area contributed by atoms with Gasteiger partial charge in [-0.3, -0.25) is 0 Å².